The molecule has 2 heteroatoms. The van der Waals surface area contributed by atoms with Crippen LogP contribution in [0.4, 0.5) is 0 Å². The highest BCUT2D eigenvalue weighted by Gasteiger charge is 2.65. The van der Waals surface area contributed by atoms with Gasteiger partial charge in [0.1, 0.15) is 0 Å². The van der Waals surface area contributed by atoms with Gasteiger partial charge in [0.05, 0.1) is 11.7 Å². The molecule has 5 aliphatic carbocycles. The van der Waals surface area contributed by atoms with Gasteiger partial charge >= 0.3 is 0 Å². The summed E-state index contributed by atoms with van der Waals surface area (Å²) in [6.45, 7) is 4.67. The fourth-order valence-electron chi connectivity index (χ4n) is 8.64. The van der Waals surface area contributed by atoms with Gasteiger partial charge < -0.3 is 10.2 Å². The van der Waals surface area contributed by atoms with E-state index < -0.39 is 0 Å². The van der Waals surface area contributed by atoms with E-state index in [1.807, 2.05) is 0 Å². The van der Waals surface area contributed by atoms with Crippen molar-refractivity contribution in [3.63, 3.8) is 0 Å². The number of aliphatic hydroxyl groups excluding tert-OH is 1. The highest BCUT2D eigenvalue weighted by molar-refractivity contribution is 5.15. The van der Waals surface area contributed by atoms with E-state index in [9.17, 15) is 10.2 Å². The minimum Gasteiger partial charge on any atom is -0.393 e. The molecule has 10 atom stereocenters. The third-order valence-corrected chi connectivity index (χ3v) is 9.91. The van der Waals surface area contributed by atoms with Gasteiger partial charge in [-0.2, -0.15) is 0 Å². The Balaban J connectivity index is 1.38. The Hall–Kier alpha value is -0.0800. The van der Waals surface area contributed by atoms with Crippen molar-refractivity contribution in [2.24, 2.45) is 46.8 Å². The molecule has 0 saturated heterocycles. The number of rotatable bonds is 2. The largest absolute Gasteiger partial charge is 0.393 e. The lowest BCUT2D eigenvalue weighted by atomic mass is 9.49. The first-order chi connectivity index (χ1) is 11.5. The minimum atomic E-state index is -0.235. The summed E-state index contributed by atoms with van der Waals surface area (Å²) in [6, 6.07) is 0. The minimum absolute atomic E-state index is 0.0796. The maximum atomic E-state index is 10.6. The van der Waals surface area contributed by atoms with Crippen LogP contribution in [-0.4, -0.2) is 21.9 Å². The zero-order chi connectivity index (χ0) is 16.7. The molecule has 0 aromatic carbocycles. The Morgan fingerprint density at radius 3 is 2.25 bits per heavy atom. The molecule has 0 amide bonds. The van der Waals surface area contributed by atoms with Crippen LogP contribution in [0.1, 0.15) is 78.1 Å². The van der Waals surface area contributed by atoms with E-state index in [2.05, 4.69) is 13.8 Å². The maximum absolute atomic E-state index is 10.6. The number of hydrogen-bond donors (Lipinski definition) is 2. The van der Waals surface area contributed by atoms with Gasteiger partial charge in [-0.25, -0.2) is 0 Å². The first-order valence-electron chi connectivity index (χ1n) is 10.9. The second-order valence-corrected chi connectivity index (χ2v) is 10.5. The Labute approximate surface area is 147 Å². The molecular formula is C22H36O2. The van der Waals surface area contributed by atoms with Crippen LogP contribution < -0.4 is 0 Å². The highest BCUT2D eigenvalue weighted by Crippen LogP contribution is 2.69. The average Bonchev–Trinajstić information content (AvgIpc) is 3.15. The summed E-state index contributed by atoms with van der Waals surface area (Å²) in [5.74, 6) is 5.68. The van der Waals surface area contributed by atoms with Gasteiger partial charge in [-0.15, -0.1) is 0 Å². The van der Waals surface area contributed by atoms with Crippen molar-refractivity contribution in [3.05, 3.63) is 0 Å². The number of fused-ring (bicyclic) bond motifs is 7. The molecule has 24 heavy (non-hydrogen) atoms. The smallest absolute Gasteiger partial charge is 0.0683 e. The van der Waals surface area contributed by atoms with Crippen LogP contribution in [0.3, 0.4) is 0 Å². The summed E-state index contributed by atoms with van der Waals surface area (Å²) in [5, 5.41) is 21.2. The standard InChI is InChI=1S/C22H36O2/c1-3-20(23)18-7-6-17-15-4-5-16-14(9-11-22(24)12-19(16)22)13(15)8-10-21(17,18)2/h13-20,23-24H,3-12H2,1-2H3/t13-,14-,15-,16+,17+,18-,19?,20?,21+,22+/m1/s1. The molecule has 136 valence electrons. The maximum Gasteiger partial charge on any atom is 0.0683 e. The molecular weight excluding hydrogens is 296 g/mol. The molecule has 0 aromatic rings. The van der Waals surface area contributed by atoms with Crippen LogP contribution >= 0.6 is 0 Å². The molecule has 0 heterocycles. The number of aliphatic hydroxyl groups is 2. The number of hydrogen-bond acceptors (Lipinski definition) is 2. The van der Waals surface area contributed by atoms with Crippen LogP contribution in [0.25, 0.3) is 0 Å². The second-order valence-electron chi connectivity index (χ2n) is 10.5. The van der Waals surface area contributed by atoms with Crippen molar-refractivity contribution in [2.75, 3.05) is 0 Å². The Morgan fingerprint density at radius 1 is 0.875 bits per heavy atom. The van der Waals surface area contributed by atoms with E-state index >= 15 is 0 Å². The Morgan fingerprint density at radius 2 is 1.54 bits per heavy atom. The van der Waals surface area contributed by atoms with Gasteiger partial charge in [0, 0.05) is 0 Å². The molecule has 5 saturated carbocycles. The molecule has 5 aliphatic rings. The lowest BCUT2D eigenvalue weighted by Gasteiger charge is -2.56. The van der Waals surface area contributed by atoms with E-state index in [4.69, 9.17) is 0 Å². The van der Waals surface area contributed by atoms with Crippen molar-refractivity contribution in [1.82, 2.24) is 0 Å². The zero-order valence-electron chi connectivity index (χ0n) is 15.6. The van der Waals surface area contributed by atoms with Crippen molar-refractivity contribution in [3.8, 4) is 0 Å². The molecule has 0 aromatic heterocycles. The molecule has 2 unspecified atom stereocenters. The SMILES string of the molecule is CCC(O)[C@H]1CC[C@H]2[C@@H]3CC[C@@H]4C5C[C@@]5(O)CC[C@@H]4[C@H]3CC[C@]12C. The van der Waals surface area contributed by atoms with E-state index in [1.165, 1.54) is 44.9 Å². The van der Waals surface area contributed by atoms with Crippen molar-refractivity contribution < 1.29 is 10.2 Å². The first kappa shape index (κ1) is 16.1. The molecule has 0 spiro atoms. The van der Waals surface area contributed by atoms with Crippen LogP contribution in [0.15, 0.2) is 0 Å². The predicted molar refractivity (Wildman–Crippen MR) is 95.3 cm³/mol. The lowest BCUT2D eigenvalue weighted by molar-refractivity contribution is -0.0924. The molecule has 0 bridgehead atoms. The van der Waals surface area contributed by atoms with Crippen LogP contribution in [0.5, 0.6) is 0 Å². The normalized spacial score (nSPS) is 59.8. The molecule has 5 fully saturated rings. The van der Waals surface area contributed by atoms with E-state index in [0.717, 1.165) is 48.9 Å². The molecule has 2 N–H and O–H groups in total. The quantitative estimate of drug-likeness (QED) is 0.787. The lowest BCUT2D eigenvalue weighted by Crippen LogP contribution is -2.50. The van der Waals surface area contributed by atoms with E-state index in [1.54, 1.807) is 0 Å². The highest BCUT2D eigenvalue weighted by atomic mass is 16.3. The molecule has 5 rings (SSSR count). The third kappa shape index (κ3) is 2.02. The monoisotopic (exact) mass is 332 g/mol. The average molecular weight is 333 g/mol. The summed E-state index contributed by atoms with van der Waals surface area (Å²) in [6.07, 6.45) is 12.5. The topological polar surface area (TPSA) is 40.5 Å². The van der Waals surface area contributed by atoms with E-state index in [0.29, 0.717) is 17.3 Å². The summed E-state index contributed by atoms with van der Waals surface area (Å²) in [5.41, 5.74) is 0.166. The summed E-state index contributed by atoms with van der Waals surface area (Å²) < 4.78 is 0. The Bertz CT molecular complexity index is 518. The van der Waals surface area contributed by atoms with Gasteiger partial charge in [-0.05, 0) is 111 Å². The van der Waals surface area contributed by atoms with Gasteiger partial charge in [-0.3, -0.25) is 0 Å². The van der Waals surface area contributed by atoms with Gasteiger partial charge in [0.2, 0.25) is 0 Å². The van der Waals surface area contributed by atoms with Crippen molar-refractivity contribution in [2.45, 2.75) is 89.8 Å². The van der Waals surface area contributed by atoms with Crippen LogP contribution in [0.2, 0.25) is 0 Å². The van der Waals surface area contributed by atoms with Gasteiger partial charge in [-0.1, -0.05) is 13.8 Å². The van der Waals surface area contributed by atoms with E-state index in [-0.39, 0.29) is 11.7 Å². The first-order valence-corrected chi connectivity index (χ1v) is 10.9. The summed E-state index contributed by atoms with van der Waals surface area (Å²) in [4.78, 5) is 0. The van der Waals surface area contributed by atoms with Crippen molar-refractivity contribution >= 4 is 0 Å². The Kier molecular flexibility index (Phi) is 3.51. The summed E-state index contributed by atoms with van der Waals surface area (Å²) >= 11 is 0. The third-order valence-electron chi connectivity index (χ3n) is 9.91. The molecule has 2 nitrogen and oxygen atoms in total. The fourth-order valence-corrected chi connectivity index (χ4v) is 8.64. The van der Waals surface area contributed by atoms with Crippen molar-refractivity contribution in [1.29, 1.82) is 0 Å². The second kappa shape index (κ2) is 5.22. The fraction of sp³-hybridized carbons (Fsp3) is 1.00. The van der Waals surface area contributed by atoms with Gasteiger partial charge in [0.25, 0.3) is 0 Å². The summed E-state index contributed by atoms with van der Waals surface area (Å²) in [7, 11) is 0. The van der Waals surface area contributed by atoms with Crippen LogP contribution in [-0.2, 0) is 0 Å². The zero-order valence-corrected chi connectivity index (χ0v) is 15.6. The predicted octanol–water partition coefficient (Wildman–Crippen LogP) is 4.39. The molecule has 0 aliphatic heterocycles. The molecule has 0 radical (unpaired) electrons. The van der Waals surface area contributed by atoms with Crippen LogP contribution in [0, 0.1) is 46.8 Å². The van der Waals surface area contributed by atoms with Gasteiger partial charge in [0.15, 0.2) is 0 Å².